The summed E-state index contributed by atoms with van der Waals surface area (Å²) in [5, 5.41) is 2.18. The molecule has 0 heterocycles. The first-order valence-electron chi connectivity index (χ1n) is 5.44. The van der Waals surface area contributed by atoms with E-state index >= 15 is 0 Å². The van der Waals surface area contributed by atoms with E-state index in [0.717, 1.165) is 12.0 Å². The summed E-state index contributed by atoms with van der Waals surface area (Å²) in [5.41, 5.74) is 3.33. The Morgan fingerprint density at radius 1 is 1.39 bits per heavy atom. The molecule has 0 bridgehead atoms. The molecule has 1 atom stereocenters. The minimum absolute atomic E-state index is 0.306. The maximum absolute atomic E-state index is 12.5. The standard InChI is InChI=1S/C12H15F3N2O/c1-3-8-5-4-6-9(7-8)17-10(18)11(2,16)12(13,14)15/h4-7H,3,16H2,1-2H3,(H,17,18). The van der Waals surface area contributed by atoms with Crippen LogP contribution < -0.4 is 11.1 Å². The minimum atomic E-state index is -4.79. The van der Waals surface area contributed by atoms with Gasteiger partial charge in [0.25, 0.3) is 5.91 Å². The molecule has 0 fully saturated rings. The van der Waals surface area contributed by atoms with E-state index in [1.54, 1.807) is 12.1 Å². The first-order valence-corrected chi connectivity index (χ1v) is 5.44. The number of halogens is 3. The average molecular weight is 260 g/mol. The number of aryl methyl sites for hydroxylation is 1. The van der Waals surface area contributed by atoms with Crippen molar-refractivity contribution in [3.63, 3.8) is 0 Å². The van der Waals surface area contributed by atoms with Gasteiger partial charge in [0, 0.05) is 5.69 Å². The molecule has 18 heavy (non-hydrogen) atoms. The molecule has 6 heteroatoms. The second kappa shape index (κ2) is 4.97. The highest BCUT2D eigenvalue weighted by Gasteiger charge is 2.53. The maximum Gasteiger partial charge on any atom is 0.415 e. The van der Waals surface area contributed by atoms with E-state index in [1.165, 1.54) is 6.07 Å². The minimum Gasteiger partial charge on any atom is -0.324 e. The van der Waals surface area contributed by atoms with Crippen molar-refractivity contribution >= 4 is 11.6 Å². The van der Waals surface area contributed by atoms with Crippen molar-refractivity contribution in [2.75, 3.05) is 5.32 Å². The smallest absolute Gasteiger partial charge is 0.324 e. The lowest BCUT2D eigenvalue weighted by molar-refractivity contribution is -0.184. The Bertz CT molecular complexity index is 441. The van der Waals surface area contributed by atoms with Gasteiger partial charge in [-0.2, -0.15) is 13.2 Å². The molecular formula is C12H15F3N2O. The number of nitrogens with two attached hydrogens (primary N) is 1. The summed E-state index contributed by atoms with van der Waals surface area (Å²) in [6.45, 7) is 2.55. The van der Waals surface area contributed by atoms with Crippen LogP contribution in [0.4, 0.5) is 18.9 Å². The average Bonchev–Trinajstić information content (AvgIpc) is 2.27. The van der Waals surface area contributed by atoms with Crippen LogP contribution in [0, 0.1) is 0 Å². The molecule has 1 rings (SSSR count). The molecule has 1 unspecified atom stereocenters. The SMILES string of the molecule is CCc1cccc(NC(=O)C(C)(N)C(F)(F)F)c1. The lowest BCUT2D eigenvalue weighted by Gasteiger charge is -2.26. The summed E-state index contributed by atoms with van der Waals surface area (Å²) < 4.78 is 37.6. The van der Waals surface area contributed by atoms with Gasteiger partial charge in [-0.15, -0.1) is 0 Å². The predicted octanol–water partition coefficient (Wildman–Crippen LogP) is 2.47. The Morgan fingerprint density at radius 3 is 2.50 bits per heavy atom. The lowest BCUT2D eigenvalue weighted by atomic mass is 10.0. The lowest BCUT2D eigenvalue weighted by Crippen LogP contribution is -2.59. The topological polar surface area (TPSA) is 55.1 Å². The zero-order valence-electron chi connectivity index (χ0n) is 10.1. The number of carbonyl (C=O) groups is 1. The summed E-state index contributed by atoms with van der Waals surface area (Å²) in [5.74, 6) is -1.27. The Hall–Kier alpha value is -1.56. The number of rotatable bonds is 3. The van der Waals surface area contributed by atoms with Crippen molar-refractivity contribution < 1.29 is 18.0 Å². The number of anilines is 1. The van der Waals surface area contributed by atoms with Gasteiger partial charge in [-0.1, -0.05) is 19.1 Å². The van der Waals surface area contributed by atoms with Gasteiger partial charge in [0.1, 0.15) is 0 Å². The highest BCUT2D eigenvalue weighted by Crippen LogP contribution is 2.29. The third-order valence-electron chi connectivity index (χ3n) is 2.65. The van der Waals surface area contributed by atoms with Gasteiger partial charge in [0.15, 0.2) is 5.54 Å². The molecule has 3 nitrogen and oxygen atoms in total. The molecule has 0 aromatic heterocycles. The number of alkyl halides is 3. The third-order valence-corrected chi connectivity index (χ3v) is 2.65. The van der Waals surface area contributed by atoms with E-state index in [-0.39, 0.29) is 0 Å². The fourth-order valence-electron chi connectivity index (χ4n) is 1.26. The van der Waals surface area contributed by atoms with Crippen LogP contribution in [0.25, 0.3) is 0 Å². The van der Waals surface area contributed by atoms with Gasteiger partial charge < -0.3 is 11.1 Å². The molecular weight excluding hydrogens is 245 g/mol. The van der Waals surface area contributed by atoms with Crippen molar-refractivity contribution in [2.45, 2.75) is 32.0 Å². The zero-order valence-corrected chi connectivity index (χ0v) is 10.1. The summed E-state index contributed by atoms with van der Waals surface area (Å²) >= 11 is 0. The number of hydrogen-bond acceptors (Lipinski definition) is 2. The largest absolute Gasteiger partial charge is 0.415 e. The summed E-state index contributed by atoms with van der Waals surface area (Å²) in [6, 6.07) is 6.62. The fraction of sp³-hybridized carbons (Fsp3) is 0.417. The Labute approximate surface area is 103 Å². The van der Waals surface area contributed by atoms with Crippen LogP contribution in [-0.2, 0) is 11.2 Å². The summed E-state index contributed by atoms with van der Waals surface area (Å²) in [7, 11) is 0. The molecule has 0 saturated carbocycles. The molecule has 0 spiro atoms. The van der Waals surface area contributed by atoms with Crippen molar-refractivity contribution in [1.82, 2.24) is 0 Å². The number of nitrogens with one attached hydrogen (secondary N) is 1. The van der Waals surface area contributed by atoms with Gasteiger partial charge >= 0.3 is 6.18 Å². The number of amides is 1. The van der Waals surface area contributed by atoms with Gasteiger partial charge in [-0.3, -0.25) is 4.79 Å². The molecule has 0 aliphatic heterocycles. The van der Waals surface area contributed by atoms with Crippen molar-refractivity contribution in [1.29, 1.82) is 0 Å². The van der Waals surface area contributed by atoms with Crippen LogP contribution in [-0.4, -0.2) is 17.6 Å². The first kappa shape index (κ1) is 14.5. The van der Waals surface area contributed by atoms with Crippen LogP contribution in [0.3, 0.4) is 0 Å². The van der Waals surface area contributed by atoms with Gasteiger partial charge in [-0.25, -0.2) is 0 Å². The third kappa shape index (κ3) is 3.01. The molecule has 100 valence electrons. The number of benzene rings is 1. The molecule has 0 radical (unpaired) electrons. The highest BCUT2D eigenvalue weighted by atomic mass is 19.4. The fourth-order valence-corrected chi connectivity index (χ4v) is 1.26. The van der Waals surface area contributed by atoms with Crippen LogP contribution in [0.5, 0.6) is 0 Å². The Balaban J connectivity index is 2.88. The van der Waals surface area contributed by atoms with Crippen LogP contribution in [0.2, 0.25) is 0 Å². The van der Waals surface area contributed by atoms with E-state index in [4.69, 9.17) is 5.73 Å². The van der Waals surface area contributed by atoms with Crippen molar-refractivity contribution in [2.24, 2.45) is 5.73 Å². The van der Waals surface area contributed by atoms with Gasteiger partial charge in [-0.05, 0) is 31.0 Å². The highest BCUT2D eigenvalue weighted by molar-refractivity contribution is 5.98. The number of carbonyl (C=O) groups excluding carboxylic acids is 1. The normalized spacial score (nSPS) is 15.0. The summed E-state index contributed by atoms with van der Waals surface area (Å²) in [4.78, 5) is 11.5. The predicted molar refractivity (Wildman–Crippen MR) is 63.1 cm³/mol. The van der Waals surface area contributed by atoms with E-state index in [2.05, 4.69) is 5.32 Å². The molecule has 1 aromatic rings. The van der Waals surface area contributed by atoms with Gasteiger partial charge in [0.05, 0.1) is 0 Å². The number of hydrogen-bond donors (Lipinski definition) is 2. The van der Waals surface area contributed by atoms with Crippen LogP contribution >= 0.6 is 0 Å². The molecule has 0 aliphatic carbocycles. The second-order valence-electron chi connectivity index (χ2n) is 4.21. The quantitative estimate of drug-likeness (QED) is 0.877. The van der Waals surface area contributed by atoms with Crippen LogP contribution in [0.15, 0.2) is 24.3 Å². The Kier molecular flexibility index (Phi) is 4.01. The van der Waals surface area contributed by atoms with E-state index in [1.807, 2.05) is 13.0 Å². The van der Waals surface area contributed by atoms with Crippen molar-refractivity contribution in [3.8, 4) is 0 Å². The van der Waals surface area contributed by atoms with Crippen LogP contribution in [0.1, 0.15) is 19.4 Å². The maximum atomic E-state index is 12.5. The molecule has 0 aliphatic rings. The molecule has 3 N–H and O–H groups in total. The van der Waals surface area contributed by atoms with Crippen molar-refractivity contribution in [3.05, 3.63) is 29.8 Å². The molecule has 1 aromatic carbocycles. The van der Waals surface area contributed by atoms with E-state index in [9.17, 15) is 18.0 Å². The second-order valence-corrected chi connectivity index (χ2v) is 4.21. The van der Waals surface area contributed by atoms with E-state index in [0.29, 0.717) is 12.6 Å². The molecule has 0 saturated heterocycles. The Morgan fingerprint density at radius 2 is 2.00 bits per heavy atom. The summed E-state index contributed by atoms with van der Waals surface area (Å²) in [6.07, 6.45) is -4.07. The monoisotopic (exact) mass is 260 g/mol. The van der Waals surface area contributed by atoms with Gasteiger partial charge in [0.2, 0.25) is 0 Å². The van der Waals surface area contributed by atoms with E-state index < -0.39 is 17.6 Å². The zero-order chi connectivity index (χ0) is 14.0. The first-order chi connectivity index (χ1) is 8.18. The molecule has 1 amide bonds.